The molecule has 0 bridgehead atoms. The van der Waals surface area contributed by atoms with E-state index in [2.05, 4.69) is 0 Å². The molecule has 0 spiro atoms. The topological polar surface area (TPSA) is 93.2 Å². The van der Waals surface area contributed by atoms with E-state index in [4.69, 9.17) is 9.47 Å². The number of sulfone groups is 1. The molecule has 0 radical (unpaired) electrons. The van der Waals surface area contributed by atoms with Crippen molar-refractivity contribution in [2.45, 2.75) is 11.0 Å². The molecule has 2 aromatic rings. The summed E-state index contributed by atoms with van der Waals surface area (Å²) < 4.78 is 34.6. The lowest BCUT2D eigenvalue weighted by Gasteiger charge is -2.37. The maximum Gasteiger partial charge on any atom is 0.265 e. The number of carbonyl (C=O) groups is 2. The summed E-state index contributed by atoms with van der Waals surface area (Å²) in [4.78, 5) is 29.5. The van der Waals surface area contributed by atoms with Crippen LogP contribution in [0.1, 0.15) is 10.4 Å². The van der Waals surface area contributed by atoms with Gasteiger partial charge in [0.1, 0.15) is 5.75 Å². The molecule has 2 amide bonds. The van der Waals surface area contributed by atoms with Gasteiger partial charge >= 0.3 is 0 Å². The first-order chi connectivity index (χ1) is 14.3. The van der Waals surface area contributed by atoms with Gasteiger partial charge in [-0.15, -0.1) is 0 Å². The molecule has 4 rings (SSSR count). The van der Waals surface area contributed by atoms with E-state index < -0.39 is 15.9 Å². The lowest BCUT2D eigenvalue weighted by molar-refractivity contribution is -0.142. The second-order valence-electron chi connectivity index (χ2n) is 7.22. The van der Waals surface area contributed by atoms with Crippen LogP contribution >= 0.6 is 0 Å². The molecule has 1 fully saturated rings. The van der Waals surface area contributed by atoms with E-state index in [1.165, 1.54) is 29.2 Å². The van der Waals surface area contributed by atoms with Gasteiger partial charge in [-0.1, -0.05) is 12.1 Å². The minimum atomic E-state index is -3.36. The van der Waals surface area contributed by atoms with Gasteiger partial charge in [0.2, 0.25) is 0 Å². The van der Waals surface area contributed by atoms with Crippen LogP contribution in [0.25, 0.3) is 0 Å². The molecule has 0 aromatic heterocycles. The average Bonchev–Trinajstić information content (AvgIpc) is 2.77. The van der Waals surface area contributed by atoms with Crippen LogP contribution in [0.15, 0.2) is 53.4 Å². The monoisotopic (exact) mass is 430 g/mol. The Bertz CT molecular complexity index is 1060. The van der Waals surface area contributed by atoms with Gasteiger partial charge in [0.25, 0.3) is 11.8 Å². The number of hydrogen-bond acceptors (Lipinski definition) is 6. The molecular formula is C21H22N2O6S. The molecule has 8 nitrogen and oxygen atoms in total. The molecule has 0 aliphatic carbocycles. The SMILES string of the molecule is CS(=O)(=O)c1ccc(C(=O)N2C[C@@H](C(=O)N3CCOCC3)Oc3ccccc32)cc1. The van der Waals surface area contributed by atoms with Crippen LogP contribution in [0.2, 0.25) is 0 Å². The maximum absolute atomic E-state index is 13.2. The summed E-state index contributed by atoms with van der Waals surface area (Å²) in [5.41, 5.74) is 0.900. The number of hydrogen-bond donors (Lipinski definition) is 0. The summed E-state index contributed by atoms with van der Waals surface area (Å²) in [6.45, 7) is 2.00. The van der Waals surface area contributed by atoms with E-state index in [9.17, 15) is 18.0 Å². The van der Waals surface area contributed by atoms with Crippen molar-refractivity contribution in [2.24, 2.45) is 0 Å². The molecular weight excluding hydrogens is 408 g/mol. The highest BCUT2D eigenvalue weighted by molar-refractivity contribution is 7.90. The van der Waals surface area contributed by atoms with Gasteiger partial charge in [-0.3, -0.25) is 9.59 Å². The summed E-state index contributed by atoms with van der Waals surface area (Å²) in [7, 11) is -3.36. The molecule has 2 aromatic carbocycles. The third-order valence-electron chi connectivity index (χ3n) is 5.15. The number of ether oxygens (including phenoxy) is 2. The summed E-state index contributed by atoms with van der Waals surface area (Å²) in [6.07, 6.45) is 0.293. The standard InChI is InChI=1S/C21H22N2O6S/c1-30(26,27)16-8-6-15(7-9-16)20(24)23-14-19(21(25)22-10-12-28-13-11-22)29-18-5-3-2-4-17(18)23/h2-9,19H,10-14H2,1H3/t19-/m0/s1. The van der Waals surface area contributed by atoms with Crippen LogP contribution < -0.4 is 9.64 Å². The van der Waals surface area contributed by atoms with Crippen molar-refractivity contribution >= 4 is 27.3 Å². The molecule has 2 aliphatic rings. The van der Waals surface area contributed by atoms with Gasteiger partial charge in [0.15, 0.2) is 15.9 Å². The van der Waals surface area contributed by atoms with E-state index >= 15 is 0 Å². The Kier molecular flexibility index (Phi) is 5.48. The highest BCUT2D eigenvalue weighted by Crippen LogP contribution is 2.34. The first-order valence-electron chi connectivity index (χ1n) is 9.59. The zero-order chi connectivity index (χ0) is 21.3. The van der Waals surface area contributed by atoms with Gasteiger partial charge in [-0.05, 0) is 36.4 Å². The van der Waals surface area contributed by atoms with Crippen molar-refractivity contribution in [2.75, 3.05) is 44.0 Å². The van der Waals surface area contributed by atoms with Crippen LogP contribution in [-0.2, 0) is 19.4 Å². The van der Waals surface area contributed by atoms with Crippen molar-refractivity contribution in [3.63, 3.8) is 0 Å². The van der Waals surface area contributed by atoms with Crippen LogP contribution in [0.3, 0.4) is 0 Å². The molecule has 2 aliphatic heterocycles. The van der Waals surface area contributed by atoms with E-state index in [1.807, 2.05) is 0 Å². The van der Waals surface area contributed by atoms with Crippen LogP contribution in [0, 0.1) is 0 Å². The van der Waals surface area contributed by atoms with Gasteiger partial charge in [-0.2, -0.15) is 0 Å². The quantitative estimate of drug-likeness (QED) is 0.730. The van der Waals surface area contributed by atoms with Crippen molar-refractivity contribution in [1.82, 2.24) is 4.90 Å². The Labute approximate surface area is 174 Å². The largest absolute Gasteiger partial charge is 0.476 e. The van der Waals surface area contributed by atoms with Gasteiger partial charge < -0.3 is 19.3 Å². The number of morpholine rings is 1. The number of carbonyl (C=O) groups excluding carboxylic acids is 2. The molecule has 0 saturated carbocycles. The van der Waals surface area contributed by atoms with Crippen molar-refractivity contribution in [3.8, 4) is 5.75 Å². The van der Waals surface area contributed by atoms with E-state index in [0.29, 0.717) is 43.3 Å². The predicted molar refractivity (Wildman–Crippen MR) is 109 cm³/mol. The van der Waals surface area contributed by atoms with Crippen molar-refractivity contribution < 1.29 is 27.5 Å². The molecule has 9 heteroatoms. The van der Waals surface area contributed by atoms with Crippen LogP contribution in [-0.4, -0.2) is 70.3 Å². The molecule has 1 atom stereocenters. The van der Waals surface area contributed by atoms with Crippen LogP contribution in [0.5, 0.6) is 5.75 Å². The summed E-state index contributed by atoms with van der Waals surface area (Å²) in [5, 5.41) is 0. The number of benzene rings is 2. The van der Waals surface area contributed by atoms with Gasteiger partial charge in [-0.25, -0.2) is 8.42 Å². The molecule has 30 heavy (non-hydrogen) atoms. The number of fused-ring (bicyclic) bond motifs is 1. The Hall–Kier alpha value is -2.91. The van der Waals surface area contributed by atoms with E-state index in [1.54, 1.807) is 29.2 Å². The minimum Gasteiger partial charge on any atom is -0.476 e. The third kappa shape index (κ3) is 4.03. The predicted octanol–water partition coefficient (Wildman–Crippen LogP) is 1.36. The first kappa shape index (κ1) is 20.4. The second-order valence-corrected chi connectivity index (χ2v) is 9.24. The second kappa shape index (κ2) is 8.08. The molecule has 0 unspecified atom stereocenters. The lowest BCUT2D eigenvalue weighted by atomic mass is 10.1. The summed E-state index contributed by atoms with van der Waals surface area (Å²) >= 11 is 0. The molecule has 158 valence electrons. The highest BCUT2D eigenvalue weighted by Gasteiger charge is 2.36. The number of rotatable bonds is 3. The number of para-hydroxylation sites is 2. The Morgan fingerprint density at radius 1 is 1.00 bits per heavy atom. The zero-order valence-corrected chi connectivity index (χ0v) is 17.3. The highest BCUT2D eigenvalue weighted by atomic mass is 32.2. The zero-order valence-electron chi connectivity index (χ0n) is 16.5. The third-order valence-corrected chi connectivity index (χ3v) is 6.27. The fourth-order valence-corrected chi connectivity index (χ4v) is 4.17. The molecule has 2 heterocycles. The maximum atomic E-state index is 13.2. The Balaban J connectivity index is 1.62. The van der Waals surface area contributed by atoms with Crippen LogP contribution in [0.4, 0.5) is 5.69 Å². The summed E-state index contributed by atoms with van der Waals surface area (Å²) in [5.74, 6) is -0.0555. The number of nitrogens with zero attached hydrogens (tertiary/aromatic N) is 2. The Morgan fingerprint density at radius 3 is 2.33 bits per heavy atom. The van der Waals surface area contributed by atoms with Gasteiger partial charge in [0.05, 0.1) is 30.3 Å². The Morgan fingerprint density at radius 2 is 1.67 bits per heavy atom. The molecule has 1 saturated heterocycles. The number of amides is 2. The first-order valence-corrected chi connectivity index (χ1v) is 11.5. The summed E-state index contributed by atoms with van der Waals surface area (Å²) in [6, 6.07) is 12.8. The lowest BCUT2D eigenvalue weighted by Crippen LogP contribution is -2.54. The van der Waals surface area contributed by atoms with E-state index in [-0.39, 0.29) is 23.3 Å². The smallest absolute Gasteiger partial charge is 0.265 e. The minimum absolute atomic E-state index is 0.0693. The van der Waals surface area contributed by atoms with Gasteiger partial charge in [0, 0.05) is 24.9 Å². The molecule has 0 N–H and O–H groups in total. The van der Waals surface area contributed by atoms with E-state index in [0.717, 1.165) is 6.26 Å². The normalized spacial score (nSPS) is 19.0. The average molecular weight is 430 g/mol. The van der Waals surface area contributed by atoms with Crippen molar-refractivity contribution in [1.29, 1.82) is 0 Å². The fourth-order valence-electron chi connectivity index (χ4n) is 3.54. The fraction of sp³-hybridized carbons (Fsp3) is 0.333. The number of anilines is 1. The van der Waals surface area contributed by atoms with Crippen molar-refractivity contribution in [3.05, 3.63) is 54.1 Å².